The van der Waals surface area contributed by atoms with Crippen LogP contribution in [0.5, 0.6) is 5.75 Å². The number of hydrogen-bond donors (Lipinski definition) is 0. The summed E-state index contributed by atoms with van der Waals surface area (Å²) >= 11 is 0. The molecule has 0 aliphatic carbocycles. The molecule has 25 heavy (non-hydrogen) atoms. The maximum Gasteiger partial charge on any atom is 0.306 e. The van der Waals surface area contributed by atoms with E-state index in [1.165, 1.54) is 0 Å². The Kier molecular flexibility index (Phi) is 3.70. The number of benzene rings is 4. The van der Waals surface area contributed by atoms with Crippen LogP contribution in [-0.4, -0.2) is 14.7 Å². The van der Waals surface area contributed by atoms with Crippen molar-refractivity contribution in [2.75, 3.05) is 6.26 Å². The van der Waals surface area contributed by atoms with Crippen molar-refractivity contribution in [3.05, 3.63) is 78.9 Å². The molecule has 0 saturated heterocycles. The van der Waals surface area contributed by atoms with E-state index < -0.39 is 10.1 Å². The van der Waals surface area contributed by atoms with E-state index in [9.17, 15) is 8.42 Å². The maximum atomic E-state index is 11.8. The molecule has 124 valence electrons. The second kappa shape index (κ2) is 5.90. The number of hydrogen-bond acceptors (Lipinski definition) is 3. The molecule has 3 nitrogen and oxygen atoms in total. The largest absolute Gasteiger partial charge is 0.382 e. The molecule has 0 saturated carbocycles. The van der Waals surface area contributed by atoms with Gasteiger partial charge in [-0.3, -0.25) is 0 Å². The lowest BCUT2D eigenvalue weighted by atomic mass is 9.93. The molecule has 0 spiro atoms. The fraction of sp³-hybridized carbons (Fsp3) is 0.0476. The van der Waals surface area contributed by atoms with Gasteiger partial charge < -0.3 is 4.18 Å². The van der Waals surface area contributed by atoms with Gasteiger partial charge in [0.25, 0.3) is 0 Å². The van der Waals surface area contributed by atoms with Crippen LogP contribution in [0.25, 0.3) is 32.7 Å². The molecule has 0 amide bonds. The van der Waals surface area contributed by atoms with Crippen molar-refractivity contribution in [3.8, 4) is 16.9 Å². The highest BCUT2D eigenvalue weighted by Gasteiger charge is 2.16. The van der Waals surface area contributed by atoms with Crippen LogP contribution in [-0.2, 0) is 10.1 Å². The molecule has 0 aromatic heterocycles. The first-order valence-corrected chi connectivity index (χ1v) is 9.74. The van der Waals surface area contributed by atoms with E-state index in [0.717, 1.165) is 38.9 Å². The second-order valence-corrected chi connectivity index (χ2v) is 7.55. The zero-order chi connectivity index (χ0) is 17.4. The van der Waals surface area contributed by atoms with Gasteiger partial charge in [0.2, 0.25) is 0 Å². The molecule has 0 aliphatic rings. The normalized spacial score (nSPS) is 11.7. The van der Waals surface area contributed by atoms with Crippen LogP contribution in [0.3, 0.4) is 0 Å². The summed E-state index contributed by atoms with van der Waals surface area (Å²) in [7, 11) is -3.63. The zero-order valence-corrected chi connectivity index (χ0v) is 14.5. The molecule has 4 aromatic rings. The molecule has 0 bridgehead atoms. The molecule has 4 rings (SSSR count). The Hall–Kier alpha value is -2.85. The lowest BCUT2D eigenvalue weighted by Crippen LogP contribution is -2.07. The first-order valence-electron chi connectivity index (χ1n) is 7.92. The monoisotopic (exact) mass is 348 g/mol. The van der Waals surface area contributed by atoms with Crippen LogP contribution in [0, 0.1) is 0 Å². The lowest BCUT2D eigenvalue weighted by molar-refractivity contribution is 0.494. The van der Waals surface area contributed by atoms with Crippen molar-refractivity contribution < 1.29 is 12.6 Å². The number of rotatable bonds is 3. The van der Waals surface area contributed by atoms with Crippen molar-refractivity contribution in [2.24, 2.45) is 0 Å². The summed E-state index contributed by atoms with van der Waals surface area (Å²) in [6.07, 6.45) is 1.06. The Morgan fingerprint density at radius 1 is 0.680 bits per heavy atom. The van der Waals surface area contributed by atoms with E-state index >= 15 is 0 Å². The Balaban J connectivity index is 2.12. The van der Waals surface area contributed by atoms with Gasteiger partial charge in [-0.25, -0.2) is 0 Å². The van der Waals surface area contributed by atoms with Crippen molar-refractivity contribution in [3.63, 3.8) is 0 Å². The van der Waals surface area contributed by atoms with Gasteiger partial charge in [0.1, 0.15) is 0 Å². The van der Waals surface area contributed by atoms with Gasteiger partial charge in [0.05, 0.1) is 6.26 Å². The van der Waals surface area contributed by atoms with E-state index in [1.54, 1.807) is 6.07 Å². The summed E-state index contributed by atoms with van der Waals surface area (Å²) in [6, 6.07) is 25.6. The zero-order valence-electron chi connectivity index (χ0n) is 13.6. The fourth-order valence-electron chi connectivity index (χ4n) is 3.21. The molecular formula is C21H16O3S. The van der Waals surface area contributed by atoms with Crippen molar-refractivity contribution >= 4 is 31.7 Å². The topological polar surface area (TPSA) is 43.4 Å². The third-order valence-electron chi connectivity index (χ3n) is 4.19. The fourth-order valence-corrected chi connectivity index (χ4v) is 3.67. The van der Waals surface area contributed by atoms with E-state index in [1.807, 2.05) is 72.8 Å². The SMILES string of the molecule is CS(=O)(=O)Oc1ccc2ccccc2c1-c1cccc2ccccc12. The summed E-state index contributed by atoms with van der Waals surface area (Å²) in [5.41, 5.74) is 1.74. The van der Waals surface area contributed by atoms with E-state index in [-0.39, 0.29) is 0 Å². The van der Waals surface area contributed by atoms with Crippen molar-refractivity contribution in [1.82, 2.24) is 0 Å². The van der Waals surface area contributed by atoms with Gasteiger partial charge in [-0.15, -0.1) is 0 Å². The Labute approximate surface area is 146 Å². The summed E-state index contributed by atoms with van der Waals surface area (Å²) in [5, 5.41) is 4.14. The molecule has 0 unspecified atom stereocenters. The van der Waals surface area contributed by atoms with Crippen molar-refractivity contribution in [1.29, 1.82) is 0 Å². The van der Waals surface area contributed by atoms with Gasteiger partial charge in [-0.05, 0) is 33.2 Å². The minimum Gasteiger partial charge on any atom is -0.382 e. The first-order chi connectivity index (χ1) is 12.0. The lowest BCUT2D eigenvalue weighted by Gasteiger charge is -2.15. The quantitative estimate of drug-likeness (QED) is 0.489. The predicted octanol–water partition coefficient (Wildman–Crippen LogP) is 5.00. The van der Waals surface area contributed by atoms with Gasteiger partial charge >= 0.3 is 10.1 Å². The van der Waals surface area contributed by atoms with Gasteiger partial charge in [-0.1, -0.05) is 72.8 Å². The smallest absolute Gasteiger partial charge is 0.306 e. The standard InChI is InChI=1S/C21H16O3S/c1-25(22,23)24-20-14-13-16-8-3-5-11-18(16)21(20)19-12-6-9-15-7-2-4-10-17(15)19/h2-14H,1H3. The van der Waals surface area contributed by atoms with E-state index in [0.29, 0.717) is 5.75 Å². The third-order valence-corrected chi connectivity index (χ3v) is 4.67. The summed E-state index contributed by atoms with van der Waals surface area (Å²) in [5.74, 6) is 0.345. The Morgan fingerprint density at radius 3 is 2.00 bits per heavy atom. The highest BCUT2D eigenvalue weighted by molar-refractivity contribution is 7.86. The second-order valence-electron chi connectivity index (χ2n) is 5.97. The van der Waals surface area contributed by atoms with E-state index in [2.05, 4.69) is 0 Å². The summed E-state index contributed by atoms with van der Waals surface area (Å²) in [6.45, 7) is 0. The van der Waals surface area contributed by atoms with E-state index in [4.69, 9.17) is 4.18 Å². The van der Waals surface area contributed by atoms with Crippen LogP contribution < -0.4 is 4.18 Å². The van der Waals surface area contributed by atoms with Crippen LogP contribution in [0.15, 0.2) is 78.9 Å². The molecule has 0 radical (unpaired) electrons. The minimum absolute atomic E-state index is 0.345. The Bertz CT molecular complexity index is 1190. The average molecular weight is 348 g/mol. The molecule has 0 aliphatic heterocycles. The highest BCUT2D eigenvalue weighted by atomic mass is 32.2. The first kappa shape index (κ1) is 15.7. The Morgan fingerprint density at radius 2 is 1.28 bits per heavy atom. The molecule has 0 fully saturated rings. The van der Waals surface area contributed by atoms with Gasteiger partial charge in [-0.2, -0.15) is 8.42 Å². The highest BCUT2D eigenvalue weighted by Crippen LogP contribution is 2.40. The molecule has 4 heteroatoms. The predicted molar refractivity (Wildman–Crippen MR) is 102 cm³/mol. The van der Waals surface area contributed by atoms with Crippen molar-refractivity contribution in [2.45, 2.75) is 0 Å². The summed E-state index contributed by atoms with van der Waals surface area (Å²) < 4.78 is 28.8. The molecule has 0 atom stereocenters. The molecule has 0 heterocycles. The molecule has 4 aromatic carbocycles. The van der Waals surface area contributed by atoms with Gasteiger partial charge in [0, 0.05) is 5.56 Å². The maximum absolute atomic E-state index is 11.8. The van der Waals surface area contributed by atoms with Crippen LogP contribution in [0.4, 0.5) is 0 Å². The van der Waals surface area contributed by atoms with Crippen LogP contribution in [0.1, 0.15) is 0 Å². The average Bonchev–Trinajstić information content (AvgIpc) is 2.60. The summed E-state index contributed by atoms with van der Waals surface area (Å²) in [4.78, 5) is 0. The number of fused-ring (bicyclic) bond motifs is 2. The molecule has 0 N–H and O–H groups in total. The van der Waals surface area contributed by atoms with Crippen LogP contribution >= 0.6 is 0 Å². The minimum atomic E-state index is -3.63. The van der Waals surface area contributed by atoms with Gasteiger partial charge in [0.15, 0.2) is 5.75 Å². The molecular weight excluding hydrogens is 332 g/mol. The third kappa shape index (κ3) is 2.96. The van der Waals surface area contributed by atoms with Crippen LogP contribution in [0.2, 0.25) is 0 Å².